The molecule has 0 bridgehead atoms. The topological polar surface area (TPSA) is 66.6 Å². The fourth-order valence-electron chi connectivity index (χ4n) is 3.69. The highest BCUT2D eigenvalue weighted by Gasteiger charge is 2.14. The Kier molecular flexibility index (Phi) is 6.79. The van der Waals surface area contributed by atoms with E-state index in [1.807, 2.05) is 42.5 Å². The van der Waals surface area contributed by atoms with Crippen LogP contribution in [0.1, 0.15) is 23.3 Å². The molecular weight excluding hydrogens is 414 g/mol. The molecule has 2 aromatic carbocycles. The van der Waals surface area contributed by atoms with Crippen molar-refractivity contribution in [2.45, 2.75) is 12.8 Å². The Bertz CT molecular complexity index is 1030. The van der Waals surface area contributed by atoms with Gasteiger partial charge in [0.05, 0.1) is 7.11 Å². The lowest BCUT2D eigenvalue weighted by Crippen LogP contribution is -2.25. The number of carbonyl (C=O) groups is 1. The van der Waals surface area contributed by atoms with Crippen molar-refractivity contribution in [2.24, 2.45) is 0 Å². The van der Waals surface area contributed by atoms with Gasteiger partial charge in [0.15, 0.2) is 11.5 Å². The van der Waals surface area contributed by atoms with Crippen LogP contribution in [0.5, 0.6) is 11.5 Å². The minimum atomic E-state index is -0.232. The molecule has 0 aliphatic carbocycles. The van der Waals surface area contributed by atoms with E-state index in [1.54, 1.807) is 19.4 Å². The molecule has 1 fully saturated rings. The second kappa shape index (κ2) is 9.90. The summed E-state index contributed by atoms with van der Waals surface area (Å²) in [7, 11) is 1.59. The van der Waals surface area contributed by atoms with Crippen LogP contribution in [0, 0.1) is 0 Å². The molecule has 4 rings (SSSR count). The molecule has 6 nitrogen and oxygen atoms in total. The second-order valence-electron chi connectivity index (χ2n) is 7.53. The van der Waals surface area contributed by atoms with Gasteiger partial charge in [0.25, 0.3) is 5.91 Å². The minimum Gasteiger partial charge on any atom is -0.493 e. The third-order valence-electron chi connectivity index (χ3n) is 5.39. The summed E-state index contributed by atoms with van der Waals surface area (Å²) in [6, 6.07) is 14.7. The number of methoxy groups -OCH3 is 1. The number of carbonyl (C=O) groups excluding carboxylic acids is 1. The Labute approximate surface area is 187 Å². The minimum absolute atomic E-state index is 0.232. The molecule has 0 spiro atoms. The molecule has 7 heteroatoms. The smallest absolute Gasteiger partial charge is 0.272 e. The van der Waals surface area contributed by atoms with Crippen LogP contribution in [0.4, 0.5) is 5.69 Å². The van der Waals surface area contributed by atoms with Crippen LogP contribution in [0.3, 0.4) is 0 Å². The van der Waals surface area contributed by atoms with Gasteiger partial charge in [0.2, 0.25) is 0 Å². The lowest BCUT2D eigenvalue weighted by atomic mass is 10.1. The van der Waals surface area contributed by atoms with Crippen molar-refractivity contribution in [3.63, 3.8) is 0 Å². The first-order valence-corrected chi connectivity index (χ1v) is 10.8. The van der Waals surface area contributed by atoms with Crippen molar-refractivity contribution in [1.82, 2.24) is 9.88 Å². The number of amides is 1. The Morgan fingerprint density at radius 1 is 1.06 bits per heavy atom. The summed E-state index contributed by atoms with van der Waals surface area (Å²) in [6.07, 6.45) is 4.33. The number of nitrogens with one attached hydrogen (secondary N) is 2. The number of hydrogen-bond acceptors (Lipinski definition) is 4. The first kappa shape index (κ1) is 21.3. The van der Waals surface area contributed by atoms with E-state index in [2.05, 4.69) is 15.2 Å². The van der Waals surface area contributed by atoms with E-state index in [0.717, 1.165) is 30.8 Å². The molecule has 1 aliphatic heterocycles. The second-order valence-corrected chi connectivity index (χ2v) is 7.96. The number of aromatic nitrogens is 1. The molecule has 0 atom stereocenters. The largest absolute Gasteiger partial charge is 0.493 e. The number of anilines is 1. The number of halogens is 1. The summed E-state index contributed by atoms with van der Waals surface area (Å²) in [6.45, 7) is 3.80. The fraction of sp³-hybridized carbons (Fsp3) is 0.292. The number of benzene rings is 2. The van der Waals surface area contributed by atoms with Crippen molar-refractivity contribution in [1.29, 1.82) is 0 Å². The molecule has 2 N–H and O–H groups in total. The Morgan fingerprint density at radius 2 is 1.84 bits per heavy atom. The average Bonchev–Trinajstić information content (AvgIpc) is 3.47. The van der Waals surface area contributed by atoms with Crippen LogP contribution in [-0.4, -0.2) is 49.1 Å². The van der Waals surface area contributed by atoms with Crippen LogP contribution in [-0.2, 0) is 0 Å². The number of rotatable bonds is 8. The summed E-state index contributed by atoms with van der Waals surface area (Å²) < 4.78 is 11.4. The van der Waals surface area contributed by atoms with E-state index < -0.39 is 0 Å². The zero-order valence-electron chi connectivity index (χ0n) is 17.5. The average molecular weight is 440 g/mol. The van der Waals surface area contributed by atoms with Crippen LogP contribution in [0.15, 0.2) is 54.7 Å². The molecule has 3 aromatic rings. The van der Waals surface area contributed by atoms with E-state index in [-0.39, 0.29) is 5.91 Å². The fourth-order valence-corrected chi connectivity index (χ4v) is 3.81. The van der Waals surface area contributed by atoms with E-state index in [4.69, 9.17) is 21.1 Å². The summed E-state index contributed by atoms with van der Waals surface area (Å²) in [5.41, 5.74) is 3.00. The SMILES string of the molecule is COc1cc(NC(=O)c2cc(-c3ccc(Cl)cc3)c[nH]2)ccc1OCCN1CCCC1. The monoisotopic (exact) mass is 439 g/mol. The van der Waals surface area contributed by atoms with Gasteiger partial charge in [-0.2, -0.15) is 0 Å². The predicted octanol–water partition coefficient (Wildman–Crippen LogP) is 5.07. The molecule has 0 unspecified atom stereocenters. The molecule has 1 saturated heterocycles. The number of nitrogens with zero attached hydrogens (tertiary/aromatic N) is 1. The summed E-state index contributed by atoms with van der Waals surface area (Å²) in [4.78, 5) is 18.1. The van der Waals surface area contributed by atoms with Crippen molar-refractivity contribution < 1.29 is 14.3 Å². The molecule has 1 amide bonds. The van der Waals surface area contributed by atoms with Crippen LogP contribution in [0.25, 0.3) is 11.1 Å². The summed E-state index contributed by atoms with van der Waals surface area (Å²) in [5.74, 6) is 1.03. The molecule has 2 heterocycles. The molecular formula is C24H26ClN3O3. The Morgan fingerprint density at radius 3 is 2.58 bits per heavy atom. The van der Waals surface area contributed by atoms with Crippen molar-refractivity contribution in [2.75, 3.05) is 38.7 Å². The van der Waals surface area contributed by atoms with Gasteiger partial charge in [0.1, 0.15) is 12.3 Å². The van der Waals surface area contributed by atoms with E-state index in [9.17, 15) is 4.79 Å². The lowest BCUT2D eigenvalue weighted by Gasteiger charge is -2.16. The molecule has 31 heavy (non-hydrogen) atoms. The number of H-pyrrole nitrogens is 1. The third kappa shape index (κ3) is 5.40. The first-order chi connectivity index (χ1) is 15.1. The third-order valence-corrected chi connectivity index (χ3v) is 5.64. The number of aromatic amines is 1. The number of hydrogen-bond donors (Lipinski definition) is 2. The highest BCUT2D eigenvalue weighted by molar-refractivity contribution is 6.30. The highest BCUT2D eigenvalue weighted by Crippen LogP contribution is 2.31. The normalized spacial score (nSPS) is 13.9. The van der Waals surface area contributed by atoms with E-state index >= 15 is 0 Å². The van der Waals surface area contributed by atoms with Crippen molar-refractivity contribution in [3.05, 3.63) is 65.4 Å². The van der Waals surface area contributed by atoms with Gasteiger partial charge >= 0.3 is 0 Å². The van der Waals surface area contributed by atoms with E-state index in [1.165, 1.54) is 12.8 Å². The standard InChI is InChI=1S/C24H26ClN3O3/c1-30-23-15-20(8-9-22(23)31-13-12-28-10-2-3-11-28)27-24(29)21-14-18(16-26-21)17-4-6-19(25)7-5-17/h4-9,14-16,26H,2-3,10-13H2,1H3,(H,27,29). The maximum Gasteiger partial charge on any atom is 0.272 e. The molecule has 1 aliphatic rings. The van der Waals surface area contributed by atoms with Gasteiger partial charge < -0.3 is 19.8 Å². The number of likely N-dealkylation sites (tertiary alicyclic amines) is 1. The van der Waals surface area contributed by atoms with Crippen LogP contribution >= 0.6 is 11.6 Å². The quantitative estimate of drug-likeness (QED) is 0.514. The molecule has 162 valence electrons. The van der Waals surface area contributed by atoms with Gasteiger partial charge in [-0.25, -0.2) is 0 Å². The molecule has 0 radical (unpaired) electrons. The van der Waals surface area contributed by atoms with E-state index in [0.29, 0.717) is 34.5 Å². The van der Waals surface area contributed by atoms with Crippen LogP contribution in [0.2, 0.25) is 5.02 Å². The van der Waals surface area contributed by atoms with Crippen molar-refractivity contribution >= 4 is 23.2 Å². The zero-order valence-corrected chi connectivity index (χ0v) is 18.2. The van der Waals surface area contributed by atoms with Crippen molar-refractivity contribution in [3.8, 4) is 22.6 Å². The molecule has 1 aromatic heterocycles. The van der Waals surface area contributed by atoms with Gasteiger partial charge in [-0.3, -0.25) is 9.69 Å². The predicted molar refractivity (Wildman–Crippen MR) is 123 cm³/mol. The van der Waals surface area contributed by atoms with Gasteiger partial charge in [-0.05, 0) is 67.4 Å². The summed E-state index contributed by atoms with van der Waals surface area (Å²) >= 11 is 5.95. The van der Waals surface area contributed by atoms with Gasteiger partial charge in [0, 0.05) is 29.5 Å². The zero-order chi connectivity index (χ0) is 21.6. The highest BCUT2D eigenvalue weighted by atomic mass is 35.5. The summed E-state index contributed by atoms with van der Waals surface area (Å²) in [5, 5.41) is 3.58. The maximum absolute atomic E-state index is 12.7. The lowest BCUT2D eigenvalue weighted by molar-refractivity contribution is 0.102. The van der Waals surface area contributed by atoms with Gasteiger partial charge in [-0.15, -0.1) is 0 Å². The Balaban J connectivity index is 1.38. The molecule has 0 saturated carbocycles. The van der Waals surface area contributed by atoms with Gasteiger partial charge in [-0.1, -0.05) is 23.7 Å². The number of ether oxygens (including phenoxy) is 2. The van der Waals surface area contributed by atoms with Crippen LogP contribution < -0.4 is 14.8 Å². The Hall–Kier alpha value is -2.96. The maximum atomic E-state index is 12.7. The first-order valence-electron chi connectivity index (χ1n) is 10.4.